The van der Waals surface area contributed by atoms with Gasteiger partial charge in [0.15, 0.2) is 0 Å². The second-order valence-electron chi connectivity index (χ2n) is 5.24. The summed E-state index contributed by atoms with van der Waals surface area (Å²) >= 11 is 0. The third-order valence-corrected chi connectivity index (χ3v) is 3.87. The highest BCUT2D eigenvalue weighted by atomic mass is 19.4. The summed E-state index contributed by atoms with van der Waals surface area (Å²) in [7, 11) is 0. The molecule has 1 saturated carbocycles. The number of nitrogens with one attached hydrogen (secondary N) is 1. The minimum atomic E-state index is -4.17. The number of hydrogen-bond acceptors (Lipinski definition) is 2. The molecule has 0 atom stereocenters. The van der Waals surface area contributed by atoms with E-state index < -0.39 is 18.0 Å². The molecule has 1 aliphatic carbocycles. The molecule has 21 heavy (non-hydrogen) atoms. The first-order chi connectivity index (χ1) is 9.91. The lowest BCUT2D eigenvalue weighted by molar-refractivity contribution is -0.184. The van der Waals surface area contributed by atoms with Crippen LogP contribution in [-0.4, -0.2) is 12.1 Å². The van der Waals surface area contributed by atoms with Gasteiger partial charge in [0, 0.05) is 5.92 Å². The zero-order chi connectivity index (χ0) is 15.5. The molecule has 1 aromatic rings. The van der Waals surface area contributed by atoms with Gasteiger partial charge in [0.05, 0.1) is 17.2 Å². The van der Waals surface area contributed by atoms with Crippen molar-refractivity contribution in [1.29, 1.82) is 5.26 Å². The number of nitriles is 1. The lowest BCUT2D eigenvalue weighted by Gasteiger charge is -2.29. The van der Waals surface area contributed by atoms with Crippen LogP contribution >= 0.6 is 0 Å². The second-order valence-corrected chi connectivity index (χ2v) is 5.24. The van der Waals surface area contributed by atoms with Gasteiger partial charge in [0.25, 0.3) is 0 Å². The van der Waals surface area contributed by atoms with Gasteiger partial charge in [0.2, 0.25) is 5.91 Å². The summed E-state index contributed by atoms with van der Waals surface area (Å²) in [5.74, 6) is -2.03. The maximum absolute atomic E-state index is 12.6. The molecule has 1 N–H and O–H groups in total. The van der Waals surface area contributed by atoms with Crippen molar-refractivity contribution in [3.63, 3.8) is 0 Å². The Balaban J connectivity index is 1.96. The van der Waals surface area contributed by atoms with Crippen LogP contribution in [0.5, 0.6) is 0 Å². The number of rotatable bonds is 2. The molecule has 1 aromatic carbocycles. The molecular weight excluding hydrogens is 281 g/mol. The lowest BCUT2D eigenvalue weighted by atomic mass is 9.81. The van der Waals surface area contributed by atoms with Crippen LogP contribution in [0.3, 0.4) is 0 Å². The number of amides is 1. The molecule has 0 saturated heterocycles. The molecule has 3 nitrogen and oxygen atoms in total. The van der Waals surface area contributed by atoms with Crippen molar-refractivity contribution in [2.45, 2.75) is 31.9 Å². The Morgan fingerprint density at radius 2 is 1.81 bits per heavy atom. The van der Waals surface area contributed by atoms with Gasteiger partial charge in [0.1, 0.15) is 6.07 Å². The van der Waals surface area contributed by atoms with Crippen LogP contribution in [0.4, 0.5) is 18.9 Å². The summed E-state index contributed by atoms with van der Waals surface area (Å²) in [5.41, 5.74) is 0.748. The molecule has 1 fully saturated rings. The summed E-state index contributed by atoms with van der Waals surface area (Å²) < 4.78 is 37.7. The smallest absolute Gasteiger partial charge is 0.325 e. The lowest BCUT2D eigenvalue weighted by Crippen LogP contribution is -2.32. The van der Waals surface area contributed by atoms with Gasteiger partial charge in [-0.3, -0.25) is 4.79 Å². The van der Waals surface area contributed by atoms with E-state index in [-0.39, 0.29) is 31.6 Å². The van der Waals surface area contributed by atoms with Crippen LogP contribution < -0.4 is 5.32 Å². The van der Waals surface area contributed by atoms with Crippen molar-refractivity contribution in [3.8, 4) is 6.07 Å². The van der Waals surface area contributed by atoms with Crippen molar-refractivity contribution in [2.75, 3.05) is 5.32 Å². The Labute approximate surface area is 120 Å². The van der Waals surface area contributed by atoms with Crippen LogP contribution in [0.2, 0.25) is 0 Å². The molecule has 1 amide bonds. The monoisotopic (exact) mass is 296 g/mol. The van der Waals surface area contributed by atoms with Gasteiger partial charge in [-0.25, -0.2) is 0 Å². The van der Waals surface area contributed by atoms with Gasteiger partial charge in [-0.1, -0.05) is 12.1 Å². The zero-order valence-electron chi connectivity index (χ0n) is 11.3. The van der Waals surface area contributed by atoms with E-state index in [0.717, 1.165) is 0 Å². The molecule has 6 heteroatoms. The van der Waals surface area contributed by atoms with E-state index in [4.69, 9.17) is 5.26 Å². The van der Waals surface area contributed by atoms with Gasteiger partial charge >= 0.3 is 6.18 Å². The molecule has 112 valence electrons. The largest absolute Gasteiger partial charge is 0.391 e. The van der Waals surface area contributed by atoms with Gasteiger partial charge < -0.3 is 5.32 Å². The molecule has 0 aromatic heterocycles. The van der Waals surface area contributed by atoms with E-state index in [1.165, 1.54) is 0 Å². The third-order valence-electron chi connectivity index (χ3n) is 3.87. The molecule has 2 rings (SSSR count). The molecule has 0 heterocycles. The molecule has 0 aliphatic heterocycles. The van der Waals surface area contributed by atoms with Crippen LogP contribution in [0.15, 0.2) is 24.3 Å². The Hall–Kier alpha value is -2.03. The number of halogens is 3. The summed E-state index contributed by atoms with van der Waals surface area (Å²) in [6, 6.07) is 8.53. The van der Waals surface area contributed by atoms with E-state index >= 15 is 0 Å². The maximum atomic E-state index is 12.6. The fraction of sp³-hybridized carbons (Fsp3) is 0.467. The van der Waals surface area contributed by atoms with E-state index in [1.54, 1.807) is 24.3 Å². The average Bonchev–Trinajstić information content (AvgIpc) is 2.47. The molecule has 0 unspecified atom stereocenters. The topological polar surface area (TPSA) is 52.9 Å². The summed E-state index contributed by atoms with van der Waals surface area (Å²) in [5, 5.41) is 11.6. The SMILES string of the molecule is N#Cc1ccccc1NC(=O)C1CCC(C(F)(F)F)CC1. The number of carbonyl (C=O) groups is 1. The fourth-order valence-corrected chi connectivity index (χ4v) is 2.61. The number of anilines is 1. The van der Waals surface area contributed by atoms with E-state index in [1.807, 2.05) is 6.07 Å². The standard InChI is InChI=1S/C15H15F3N2O/c16-15(17,18)12-7-5-10(6-8-12)14(21)20-13-4-2-1-3-11(13)9-19/h1-4,10,12H,5-8H2,(H,20,21). The molecule has 0 bridgehead atoms. The van der Waals surface area contributed by atoms with Crippen molar-refractivity contribution in [2.24, 2.45) is 11.8 Å². The van der Waals surface area contributed by atoms with Gasteiger partial charge in [-0.05, 0) is 37.8 Å². The Morgan fingerprint density at radius 1 is 1.19 bits per heavy atom. The number of carbonyl (C=O) groups excluding carboxylic acids is 1. The maximum Gasteiger partial charge on any atom is 0.391 e. The van der Waals surface area contributed by atoms with Gasteiger partial charge in [-0.15, -0.1) is 0 Å². The molecule has 0 radical (unpaired) electrons. The number of para-hydroxylation sites is 1. The Bertz CT molecular complexity index is 555. The zero-order valence-corrected chi connectivity index (χ0v) is 11.3. The van der Waals surface area contributed by atoms with E-state index in [9.17, 15) is 18.0 Å². The summed E-state index contributed by atoms with van der Waals surface area (Å²) in [4.78, 5) is 12.1. The summed E-state index contributed by atoms with van der Waals surface area (Å²) in [6.07, 6.45) is -3.74. The number of benzene rings is 1. The highest BCUT2D eigenvalue weighted by Crippen LogP contribution is 2.39. The van der Waals surface area contributed by atoms with E-state index in [2.05, 4.69) is 5.32 Å². The Kier molecular flexibility index (Phi) is 4.51. The minimum Gasteiger partial charge on any atom is -0.325 e. The number of alkyl halides is 3. The third kappa shape index (κ3) is 3.75. The van der Waals surface area contributed by atoms with E-state index in [0.29, 0.717) is 11.3 Å². The second kappa shape index (κ2) is 6.17. The van der Waals surface area contributed by atoms with Crippen molar-refractivity contribution in [1.82, 2.24) is 0 Å². The molecular formula is C15H15F3N2O. The molecule has 0 spiro atoms. The predicted octanol–water partition coefficient (Wildman–Crippen LogP) is 3.87. The van der Waals surface area contributed by atoms with Crippen molar-refractivity contribution in [3.05, 3.63) is 29.8 Å². The fourth-order valence-electron chi connectivity index (χ4n) is 2.61. The first-order valence-corrected chi connectivity index (χ1v) is 6.78. The quantitative estimate of drug-likeness (QED) is 0.900. The highest BCUT2D eigenvalue weighted by Gasteiger charge is 2.42. The predicted molar refractivity (Wildman–Crippen MR) is 71.3 cm³/mol. The van der Waals surface area contributed by atoms with Crippen molar-refractivity contribution < 1.29 is 18.0 Å². The van der Waals surface area contributed by atoms with Crippen molar-refractivity contribution >= 4 is 11.6 Å². The highest BCUT2D eigenvalue weighted by molar-refractivity contribution is 5.93. The van der Waals surface area contributed by atoms with Crippen LogP contribution in [0.1, 0.15) is 31.2 Å². The normalized spacial score (nSPS) is 22.4. The number of nitrogens with zero attached hydrogens (tertiary/aromatic N) is 1. The number of hydrogen-bond donors (Lipinski definition) is 1. The first kappa shape index (κ1) is 15.4. The van der Waals surface area contributed by atoms with Crippen LogP contribution in [0, 0.1) is 23.2 Å². The molecule has 1 aliphatic rings. The van der Waals surface area contributed by atoms with Crippen LogP contribution in [-0.2, 0) is 4.79 Å². The average molecular weight is 296 g/mol. The van der Waals surface area contributed by atoms with Crippen LogP contribution in [0.25, 0.3) is 0 Å². The summed E-state index contributed by atoms with van der Waals surface area (Å²) in [6.45, 7) is 0. The van der Waals surface area contributed by atoms with Gasteiger partial charge in [-0.2, -0.15) is 18.4 Å². The first-order valence-electron chi connectivity index (χ1n) is 6.78. The minimum absolute atomic E-state index is 0.0124. The Morgan fingerprint density at radius 3 is 2.38 bits per heavy atom.